The summed E-state index contributed by atoms with van der Waals surface area (Å²) < 4.78 is 34.4. The minimum atomic E-state index is -3.66. The SMILES string of the molecule is O=C1COc2ccc(S(=O)(=O)N3CCC[C@@H]3CCN3[C@@H]4CC[C@H]3CC(c3c[nH]c5ccccc35)C4)cc2N1. The number of rotatable bonds is 6. The van der Waals surface area contributed by atoms with E-state index in [9.17, 15) is 13.2 Å². The molecule has 9 heteroatoms. The van der Waals surface area contributed by atoms with Crippen LogP contribution in [0.4, 0.5) is 5.69 Å². The maximum atomic E-state index is 13.6. The zero-order chi connectivity index (χ0) is 25.9. The summed E-state index contributed by atoms with van der Waals surface area (Å²) in [5.41, 5.74) is 3.10. The highest BCUT2D eigenvalue weighted by Crippen LogP contribution is 2.45. The van der Waals surface area contributed by atoms with Crippen molar-refractivity contribution in [3.05, 3.63) is 54.2 Å². The molecule has 2 bridgehead atoms. The summed E-state index contributed by atoms with van der Waals surface area (Å²) in [5.74, 6) is 0.818. The largest absolute Gasteiger partial charge is 0.482 e. The van der Waals surface area contributed by atoms with E-state index in [1.165, 1.54) is 48.2 Å². The topological polar surface area (TPSA) is 94.7 Å². The Morgan fingerprint density at radius 1 is 1.03 bits per heavy atom. The van der Waals surface area contributed by atoms with Crippen molar-refractivity contribution in [1.82, 2.24) is 14.2 Å². The Morgan fingerprint density at radius 2 is 1.84 bits per heavy atom. The van der Waals surface area contributed by atoms with Crippen molar-refractivity contribution in [3.63, 3.8) is 0 Å². The Labute approximate surface area is 223 Å². The molecule has 7 rings (SSSR count). The molecule has 5 heterocycles. The van der Waals surface area contributed by atoms with Gasteiger partial charge in [0, 0.05) is 48.3 Å². The third-order valence-corrected chi connectivity index (χ3v) is 11.1. The standard InChI is InChI=1S/C29H34N4O4S/c34-29-18-37-28-10-9-23(16-27(28)31-29)38(35,36)33-12-3-4-20(33)11-13-32-21-7-8-22(32)15-19(14-21)25-17-30-26-6-2-1-5-24(25)26/h1-2,5-6,9-10,16-17,19-22,30H,3-4,7-8,11-15,18H2,(H,31,34)/t19?,20-,21-,22+/m1/s1. The molecule has 3 fully saturated rings. The average molecular weight is 535 g/mol. The van der Waals surface area contributed by atoms with E-state index in [0.29, 0.717) is 36.0 Å². The first kappa shape index (κ1) is 24.2. The molecule has 8 nitrogen and oxygen atoms in total. The molecule has 38 heavy (non-hydrogen) atoms. The van der Waals surface area contributed by atoms with E-state index in [2.05, 4.69) is 45.7 Å². The number of aromatic amines is 1. The Kier molecular flexibility index (Phi) is 5.98. The number of fused-ring (bicyclic) bond motifs is 4. The lowest BCUT2D eigenvalue weighted by Crippen LogP contribution is -2.45. The molecule has 2 aromatic carbocycles. The van der Waals surface area contributed by atoms with Gasteiger partial charge in [-0.15, -0.1) is 0 Å². The molecule has 0 saturated carbocycles. The minimum Gasteiger partial charge on any atom is -0.482 e. The highest BCUT2D eigenvalue weighted by Gasteiger charge is 2.43. The molecule has 3 saturated heterocycles. The van der Waals surface area contributed by atoms with Gasteiger partial charge < -0.3 is 15.0 Å². The van der Waals surface area contributed by atoms with Crippen LogP contribution in [0.15, 0.2) is 53.6 Å². The van der Waals surface area contributed by atoms with Crippen LogP contribution in [0.1, 0.15) is 56.4 Å². The first-order valence-corrected chi connectivity index (χ1v) is 15.3. The maximum absolute atomic E-state index is 13.6. The number of amides is 1. The van der Waals surface area contributed by atoms with E-state index in [1.807, 2.05) is 0 Å². The highest BCUT2D eigenvalue weighted by atomic mass is 32.2. The summed E-state index contributed by atoms with van der Waals surface area (Å²) >= 11 is 0. The number of H-pyrrole nitrogens is 1. The number of carbonyl (C=O) groups excluding carboxylic acids is 1. The first-order chi connectivity index (χ1) is 18.5. The van der Waals surface area contributed by atoms with Crippen LogP contribution in [0.2, 0.25) is 0 Å². The Balaban J connectivity index is 1.03. The van der Waals surface area contributed by atoms with Crippen LogP contribution in [-0.2, 0) is 14.8 Å². The van der Waals surface area contributed by atoms with Crippen molar-refractivity contribution >= 4 is 32.5 Å². The number of piperidine rings is 1. The summed E-state index contributed by atoms with van der Waals surface area (Å²) in [5, 5.41) is 4.08. The molecule has 3 aromatic rings. The van der Waals surface area contributed by atoms with Gasteiger partial charge in [-0.05, 0) is 80.7 Å². The summed E-state index contributed by atoms with van der Waals surface area (Å²) in [6.45, 7) is 1.44. The molecular weight excluding hydrogens is 500 g/mol. The zero-order valence-electron chi connectivity index (χ0n) is 21.4. The normalized spacial score (nSPS) is 27.8. The van der Waals surface area contributed by atoms with Gasteiger partial charge in [-0.2, -0.15) is 4.31 Å². The summed E-state index contributed by atoms with van der Waals surface area (Å²) in [4.78, 5) is 18.1. The van der Waals surface area contributed by atoms with Gasteiger partial charge in [0.15, 0.2) is 6.61 Å². The van der Waals surface area contributed by atoms with Crippen LogP contribution in [0.5, 0.6) is 5.75 Å². The number of nitrogens with one attached hydrogen (secondary N) is 2. The molecule has 2 N–H and O–H groups in total. The lowest BCUT2D eigenvalue weighted by molar-refractivity contribution is -0.118. The second-order valence-electron chi connectivity index (χ2n) is 11.3. The molecular formula is C29H34N4O4S. The predicted molar refractivity (Wildman–Crippen MR) is 146 cm³/mol. The van der Waals surface area contributed by atoms with Gasteiger partial charge in [0.05, 0.1) is 10.6 Å². The first-order valence-electron chi connectivity index (χ1n) is 13.9. The summed E-state index contributed by atoms with van der Waals surface area (Å²) in [6.07, 6.45) is 9.66. The van der Waals surface area contributed by atoms with Gasteiger partial charge in [0.25, 0.3) is 5.91 Å². The fourth-order valence-electron chi connectivity index (χ4n) is 7.40. The zero-order valence-corrected chi connectivity index (χ0v) is 22.3. The molecule has 1 unspecified atom stereocenters. The third-order valence-electron chi connectivity index (χ3n) is 9.18. The average Bonchev–Trinajstić information content (AvgIpc) is 3.63. The summed E-state index contributed by atoms with van der Waals surface area (Å²) in [7, 11) is -3.66. The van der Waals surface area contributed by atoms with Gasteiger partial charge in [-0.1, -0.05) is 18.2 Å². The second kappa shape index (κ2) is 9.39. The third kappa shape index (κ3) is 4.12. The number of anilines is 1. The van der Waals surface area contributed by atoms with Gasteiger partial charge in [0.2, 0.25) is 10.0 Å². The molecule has 4 aliphatic rings. The molecule has 200 valence electrons. The van der Waals surface area contributed by atoms with Gasteiger partial charge >= 0.3 is 0 Å². The van der Waals surface area contributed by atoms with E-state index in [-0.39, 0.29) is 23.5 Å². The Morgan fingerprint density at radius 3 is 2.68 bits per heavy atom. The van der Waals surface area contributed by atoms with E-state index >= 15 is 0 Å². The lowest BCUT2D eigenvalue weighted by Gasteiger charge is -2.40. The van der Waals surface area contributed by atoms with Crippen molar-refractivity contribution < 1.29 is 17.9 Å². The monoisotopic (exact) mass is 534 g/mol. The fraction of sp³-hybridized carbons (Fsp3) is 0.483. The number of ether oxygens (including phenoxy) is 1. The number of nitrogens with zero attached hydrogens (tertiary/aromatic N) is 2. The number of hydrogen-bond acceptors (Lipinski definition) is 5. The lowest BCUT2D eigenvalue weighted by atomic mass is 9.84. The van der Waals surface area contributed by atoms with Crippen molar-refractivity contribution in [2.45, 2.75) is 73.9 Å². The van der Waals surface area contributed by atoms with Crippen molar-refractivity contribution in [1.29, 1.82) is 0 Å². The van der Waals surface area contributed by atoms with Crippen molar-refractivity contribution in [3.8, 4) is 5.75 Å². The Hall–Kier alpha value is -2.88. The molecule has 0 radical (unpaired) electrons. The number of sulfonamides is 1. The molecule has 1 aromatic heterocycles. The summed E-state index contributed by atoms with van der Waals surface area (Å²) in [6, 6.07) is 14.5. The van der Waals surface area contributed by atoms with Crippen LogP contribution in [-0.4, -0.2) is 66.3 Å². The van der Waals surface area contributed by atoms with Gasteiger partial charge in [-0.25, -0.2) is 8.42 Å². The van der Waals surface area contributed by atoms with Gasteiger partial charge in [0.1, 0.15) is 5.75 Å². The predicted octanol–water partition coefficient (Wildman–Crippen LogP) is 4.45. The molecule has 4 atom stereocenters. The van der Waals surface area contributed by atoms with Gasteiger partial charge in [-0.3, -0.25) is 9.69 Å². The molecule has 1 amide bonds. The minimum absolute atomic E-state index is 0.00705. The van der Waals surface area contributed by atoms with E-state index in [0.717, 1.165) is 25.8 Å². The smallest absolute Gasteiger partial charge is 0.262 e. The van der Waals surface area contributed by atoms with Crippen LogP contribution in [0.3, 0.4) is 0 Å². The van der Waals surface area contributed by atoms with E-state index in [4.69, 9.17) is 4.74 Å². The van der Waals surface area contributed by atoms with Crippen LogP contribution < -0.4 is 10.1 Å². The van der Waals surface area contributed by atoms with Crippen LogP contribution in [0, 0.1) is 0 Å². The molecule has 4 aliphatic heterocycles. The van der Waals surface area contributed by atoms with Crippen LogP contribution in [0.25, 0.3) is 10.9 Å². The number of aromatic nitrogens is 1. The van der Waals surface area contributed by atoms with E-state index < -0.39 is 10.0 Å². The van der Waals surface area contributed by atoms with E-state index in [1.54, 1.807) is 16.4 Å². The highest BCUT2D eigenvalue weighted by molar-refractivity contribution is 7.89. The number of para-hydroxylation sites is 1. The molecule has 0 aliphatic carbocycles. The van der Waals surface area contributed by atoms with Crippen LogP contribution >= 0.6 is 0 Å². The van der Waals surface area contributed by atoms with Crippen molar-refractivity contribution in [2.75, 3.05) is 25.0 Å². The number of hydrogen-bond donors (Lipinski definition) is 2. The maximum Gasteiger partial charge on any atom is 0.262 e. The number of benzene rings is 2. The fourth-order valence-corrected chi connectivity index (χ4v) is 9.15. The van der Waals surface area contributed by atoms with Crippen molar-refractivity contribution in [2.24, 2.45) is 0 Å². The second-order valence-corrected chi connectivity index (χ2v) is 13.2. The number of carbonyl (C=O) groups is 1. The Bertz CT molecular complexity index is 1470. The quantitative estimate of drug-likeness (QED) is 0.487. The molecule has 0 spiro atoms.